The fourth-order valence-electron chi connectivity index (χ4n) is 3.97. The molecule has 1 aliphatic carbocycles. The standard InChI is InChI=1S/C22H20N4OS/c27-22(20-2-1-11-28-20)24-17-5-3-16(12-17)21-25-18-6-4-15(13-19(18)26-21)14-7-9-23-10-8-14/h1-2,4,6-11,13,16-17H,3,5,12H2,(H,24,27)(H,25,26)/t16-,17+/m0/s1. The number of aromatic amines is 1. The number of rotatable bonds is 4. The number of benzene rings is 1. The summed E-state index contributed by atoms with van der Waals surface area (Å²) in [6, 6.07) is 14.3. The molecule has 1 amide bonds. The number of nitrogens with one attached hydrogen (secondary N) is 2. The molecular weight excluding hydrogens is 368 g/mol. The summed E-state index contributed by atoms with van der Waals surface area (Å²) in [5.74, 6) is 1.41. The SMILES string of the molecule is O=C(N[C@@H]1CC[C@H](c2nc3ccc(-c4ccncc4)cc3[nH]2)C1)c1cccs1. The van der Waals surface area contributed by atoms with Gasteiger partial charge in [-0.05, 0) is 66.1 Å². The third-order valence-electron chi connectivity index (χ3n) is 5.41. The number of nitrogens with zero attached hydrogens (tertiary/aromatic N) is 2. The lowest BCUT2D eigenvalue weighted by Crippen LogP contribution is -2.32. The van der Waals surface area contributed by atoms with E-state index >= 15 is 0 Å². The third kappa shape index (κ3) is 3.31. The summed E-state index contributed by atoms with van der Waals surface area (Å²) in [7, 11) is 0. The highest BCUT2D eigenvalue weighted by molar-refractivity contribution is 7.12. The average molecular weight is 388 g/mol. The van der Waals surface area contributed by atoms with E-state index in [4.69, 9.17) is 4.98 Å². The lowest BCUT2D eigenvalue weighted by atomic mass is 10.1. The number of imidazole rings is 1. The second-order valence-corrected chi connectivity index (χ2v) is 8.20. The summed E-state index contributed by atoms with van der Waals surface area (Å²) in [5.41, 5.74) is 4.33. The molecule has 4 aromatic rings. The largest absolute Gasteiger partial charge is 0.349 e. The van der Waals surface area contributed by atoms with Gasteiger partial charge in [0.2, 0.25) is 0 Å². The van der Waals surface area contributed by atoms with Gasteiger partial charge in [-0.25, -0.2) is 4.98 Å². The maximum atomic E-state index is 12.3. The van der Waals surface area contributed by atoms with E-state index in [1.54, 1.807) is 12.4 Å². The Morgan fingerprint density at radius 1 is 1.11 bits per heavy atom. The number of H-pyrrole nitrogens is 1. The van der Waals surface area contributed by atoms with Gasteiger partial charge in [0.25, 0.3) is 5.91 Å². The second kappa shape index (κ2) is 7.20. The third-order valence-corrected chi connectivity index (χ3v) is 6.28. The number of carbonyl (C=O) groups is 1. The van der Waals surface area contributed by atoms with Crippen molar-refractivity contribution in [3.05, 3.63) is 70.9 Å². The molecule has 1 fully saturated rings. The molecule has 5 nitrogen and oxygen atoms in total. The van der Waals surface area contributed by atoms with Crippen LogP contribution >= 0.6 is 11.3 Å². The van der Waals surface area contributed by atoms with Crippen molar-refractivity contribution in [2.45, 2.75) is 31.2 Å². The first-order valence-electron chi connectivity index (χ1n) is 9.51. The van der Waals surface area contributed by atoms with E-state index in [0.29, 0.717) is 5.92 Å². The molecule has 2 atom stereocenters. The molecule has 0 aliphatic heterocycles. The van der Waals surface area contributed by atoms with Crippen molar-refractivity contribution in [2.24, 2.45) is 0 Å². The van der Waals surface area contributed by atoms with Crippen molar-refractivity contribution in [2.75, 3.05) is 0 Å². The summed E-state index contributed by atoms with van der Waals surface area (Å²) >= 11 is 1.48. The van der Waals surface area contributed by atoms with Crippen LogP contribution in [-0.2, 0) is 0 Å². The Bertz CT molecular complexity index is 1100. The van der Waals surface area contributed by atoms with Gasteiger partial charge in [0.05, 0.1) is 15.9 Å². The second-order valence-electron chi connectivity index (χ2n) is 7.25. The van der Waals surface area contributed by atoms with Gasteiger partial charge >= 0.3 is 0 Å². The van der Waals surface area contributed by atoms with E-state index in [1.807, 2.05) is 29.6 Å². The maximum absolute atomic E-state index is 12.3. The summed E-state index contributed by atoms with van der Waals surface area (Å²) in [5, 5.41) is 5.10. The van der Waals surface area contributed by atoms with Crippen LogP contribution in [0.3, 0.4) is 0 Å². The van der Waals surface area contributed by atoms with Gasteiger partial charge in [-0.3, -0.25) is 9.78 Å². The number of thiophene rings is 1. The molecule has 0 bridgehead atoms. The van der Waals surface area contributed by atoms with Gasteiger partial charge in [-0.2, -0.15) is 0 Å². The smallest absolute Gasteiger partial charge is 0.261 e. The fraction of sp³-hybridized carbons (Fsp3) is 0.227. The van der Waals surface area contributed by atoms with Crippen LogP contribution in [-0.4, -0.2) is 26.9 Å². The quantitative estimate of drug-likeness (QED) is 0.530. The number of aromatic nitrogens is 3. The van der Waals surface area contributed by atoms with Gasteiger partial charge < -0.3 is 10.3 Å². The van der Waals surface area contributed by atoms with Crippen molar-refractivity contribution in [1.29, 1.82) is 0 Å². The predicted octanol–water partition coefficient (Wildman–Crippen LogP) is 4.75. The van der Waals surface area contributed by atoms with E-state index < -0.39 is 0 Å². The molecule has 3 heterocycles. The molecule has 1 saturated carbocycles. The van der Waals surface area contributed by atoms with E-state index in [0.717, 1.165) is 52.1 Å². The van der Waals surface area contributed by atoms with Crippen LogP contribution < -0.4 is 5.32 Å². The van der Waals surface area contributed by atoms with Crippen molar-refractivity contribution in [3.8, 4) is 11.1 Å². The highest BCUT2D eigenvalue weighted by Crippen LogP contribution is 2.34. The van der Waals surface area contributed by atoms with Gasteiger partial charge in [0.1, 0.15) is 5.82 Å². The van der Waals surface area contributed by atoms with Crippen molar-refractivity contribution < 1.29 is 4.79 Å². The molecule has 0 spiro atoms. The Kier molecular flexibility index (Phi) is 4.41. The maximum Gasteiger partial charge on any atom is 0.261 e. The van der Waals surface area contributed by atoms with Gasteiger partial charge in [0, 0.05) is 24.4 Å². The van der Waals surface area contributed by atoms with Crippen LogP contribution in [0.5, 0.6) is 0 Å². The molecule has 6 heteroatoms. The molecule has 5 rings (SSSR count). The Hall–Kier alpha value is -2.99. The Morgan fingerprint density at radius 2 is 2.00 bits per heavy atom. The molecule has 140 valence electrons. The number of hydrogen-bond donors (Lipinski definition) is 2. The van der Waals surface area contributed by atoms with Gasteiger partial charge in [-0.15, -0.1) is 11.3 Å². The minimum atomic E-state index is 0.0345. The number of fused-ring (bicyclic) bond motifs is 1. The molecule has 0 saturated heterocycles. The zero-order valence-electron chi connectivity index (χ0n) is 15.3. The minimum absolute atomic E-state index is 0.0345. The molecular formula is C22H20N4OS. The van der Waals surface area contributed by atoms with Crippen LogP contribution in [0.25, 0.3) is 22.2 Å². The van der Waals surface area contributed by atoms with Crippen LogP contribution in [0.1, 0.15) is 40.7 Å². The Balaban J connectivity index is 1.32. The first-order chi connectivity index (χ1) is 13.8. The zero-order valence-corrected chi connectivity index (χ0v) is 16.1. The first kappa shape index (κ1) is 17.1. The fourth-order valence-corrected chi connectivity index (χ4v) is 4.60. The predicted molar refractivity (Wildman–Crippen MR) is 111 cm³/mol. The number of pyridine rings is 1. The number of hydrogen-bond acceptors (Lipinski definition) is 4. The van der Waals surface area contributed by atoms with E-state index in [-0.39, 0.29) is 11.9 Å². The average Bonchev–Trinajstić information content (AvgIpc) is 3.48. The van der Waals surface area contributed by atoms with Gasteiger partial charge in [-0.1, -0.05) is 12.1 Å². The lowest BCUT2D eigenvalue weighted by Gasteiger charge is -2.11. The zero-order chi connectivity index (χ0) is 18.9. The van der Waals surface area contributed by atoms with E-state index in [2.05, 4.69) is 33.5 Å². The normalized spacial score (nSPS) is 19.1. The highest BCUT2D eigenvalue weighted by Gasteiger charge is 2.29. The Labute approximate surface area is 166 Å². The lowest BCUT2D eigenvalue weighted by molar-refractivity contribution is 0.0941. The molecule has 0 radical (unpaired) electrons. The molecule has 3 aromatic heterocycles. The van der Waals surface area contributed by atoms with Crippen LogP contribution in [0.4, 0.5) is 0 Å². The first-order valence-corrected chi connectivity index (χ1v) is 10.4. The topological polar surface area (TPSA) is 70.7 Å². The summed E-state index contributed by atoms with van der Waals surface area (Å²) in [6.45, 7) is 0. The molecule has 2 N–H and O–H groups in total. The molecule has 1 aromatic carbocycles. The van der Waals surface area contributed by atoms with Crippen LogP contribution in [0.2, 0.25) is 0 Å². The Morgan fingerprint density at radius 3 is 2.82 bits per heavy atom. The van der Waals surface area contributed by atoms with Crippen molar-refractivity contribution in [1.82, 2.24) is 20.3 Å². The van der Waals surface area contributed by atoms with Crippen LogP contribution in [0.15, 0.2) is 60.2 Å². The number of carbonyl (C=O) groups excluding carboxylic acids is 1. The summed E-state index contributed by atoms with van der Waals surface area (Å²) in [4.78, 5) is 25.5. The highest BCUT2D eigenvalue weighted by atomic mass is 32.1. The van der Waals surface area contributed by atoms with E-state index in [9.17, 15) is 4.79 Å². The molecule has 0 unspecified atom stereocenters. The summed E-state index contributed by atoms with van der Waals surface area (Å²) < 4.78 is 0. The van der Waals surface area contributed by atoms with Crippen molar-refractivity contribution in [3.63, 3.8) is 0 Å². The minimum Gasteiger partial charge on any atom is -0.349 e. The van der Waals surface area contributed by atoms with Crippen LogP contribution in [0, 0.1) is 0 Å². The molecule has 1 aliphatic rings. The van der Waals surface area contributed by atoms with E-state index in [1.165, 1.54) is 11.3 Å². The summed E-state index contributed by atoms with van der Waals surface area (Å²) in [6.07, 6.45) is 6.56. The van der Waals surface area contributed by atoms with Gasteiger partial charge in [0.15, 0.2) is 0 Å². The molecule has 28 heavy (non-hydrogen) atoms. The number of amides is 1. The monoisotopic (exact) mass is 388 g/mol. The van der Waals surface area contributed by atoms with Crippen molar-refractivity contribution >= 4 is 28.3 Å².